The number of anilines is 2. The zero-order valence-corrected chi connectivity index (χ0v) is 18.9. The van der Waals surface area contributed by atoms with E-state index in [1.54, 1.807) is 26.2 Å². The van der Waals surface area contributed by atoms with Gasteiger partial charge in [-0.3, -0.25) is 0 Å². The van der Waals surface area contributed by atoms with Gasteiger partial charge in [0.15, 0.2) is 0 Å². The summed E-state index contributed by atoms with van der Waals surface area (Å²) in [5.41, 5.74) is 3.27. The lowest BCUT2D eigenvalue weighted by atomic mass is 10.1. The number of nitrogens with zero attached hydrogens (tertiary/aromatic N) is 3. The molecule has 32 heavy (non-hydrogen) atoms. The number of para-hydroxylation sites is 1. The summed E-state index contributed by atoms with van der Waals surface area (Å²) >= 11 is 6.22. The predicted octanol–water partition coefficient (Wildman–Crippen LogP) is 4.98. The molecule has 0 unspecified atom stereocenters. The molecule has 7 nitrogen and oxygen atoms in total. The van der Waals surface area contributed by atoms with Crippen LogP contribution >= 0.6 is 11.6 Å². The minimum Gasteiger partial charge on any atom is -0.495 e. The number of hydrogen-bond donors (Lipinski definition) is 0. The molecule has 0 radical (unpaired) electrons. The summed E-state index contributed by atoms with van der Waals surface area (Å²) in [6.07, 6.45) is 2.35. The minimum atomic E-state index is -0.531. The topological polar surface area (TPSA) is 73.8 Å². The first-order valence-corrected chi connectivity index (χ1v) is 10.8. The molecule has 0 bridgehead atoms. The van der Waals surface area contributed by atoms with Crippen LogP contribution < -0.4 is 14.4 Å². The van der Waals surface area contributed by atoms with Crippen molar-refractivity contribution in [3.8, 4) is 11.6 Å². The molecule has 4 rings (SSSR count). The number of aromatic nitrogens is 2. The first-order valence-electron chi connectivity index (χ1n) is 10.4. The fourth-order valence-corrected chi connectivity index (χ4v) is 4.03. The van der Waals surface area contributed by atoms with Crippen LogP contribution in [0.2, 0.25) is 5.02 Å². The Kier molecular flexibility index (Phi) is 6.46. The SMILES string of the molecule is CCOC(=O)c1cnc(N2c3ccccc3C[C@H]2C)nc1OCc1ccc(OC)c(Cl)c1. The molecule has 0 saturated carbocycles. The second kappa shape index (κ2) is 9.44. The van der Waals surface area contributed by atoms with Gasteiger partial charge in [-0.25, -0.2) is 9.78 Å². The lowest BCUT2D eigenvalue weighted by molar-refractivity contribution is 0.0519. The first kappa shape index (κ1) is 21.9. The summed E-state index contributed by atoms with van der Waals surface area (Å²) in [5.74, 6) is 0.681. The maximum atomic E-state index is 12.5. The van der Waals surface area contributed by atoms with Crippen LogP contribution in [0.15, 0.2) is 48.7 Å². The second-order valence-electron chi connectivity index (χ2n) is 7.42. The van der Waals surface area contributed by atoms with Gasteiger partial charge in [0.1, 0.15) is 17.9 Å². The number of ether oxygens (including phenoxy) is 3. The van der Waals surface area contributed by atoms with Crippen LogP contribution in [0, 0.1) is 0 Å². The molecule has 0 aliphatic carbocycles. The highest BCUT2D eigenvalue weighted by Gasteiger charge is 2.30. The molecule has 1 aliphatic rings. The average Bonchev–Trinajstić information content (AvgIpc) is 3.13. The van der Waals surface area contributed by atoms with Crippen molar-refractivity contribution in [2.45, 2.75) is 32.9 Å². The predicted molar refractivity (Wildman–Crippen MR) is 122 cm³/mol. The molecule has 1 aromatic heterocycles. The monoisotopic (exact) mass is 453 g/mol. The third kappa shape index (κ3) is 4.34. The molecule has 0 spiro atoms. The number of halogens is 1. The van der Waals surface area contributed by atoms with E-state index in [9.17, 15) is 4.79 Å². The highest BCUT2D eigenvalue weighted by Crippen LogP contribution is 2.37. The summed E-state index contributed by atoms with van der Waals surface area (Å²) in [6, 6.07) is 13.7. The fraction of sp³-hybridized carbons (Fsp3) is 0.292. The molecule has 2 aromatic carbocycles. The average molecular weight is 454 g/mol. The highest BCUT2D eigenvalue weighted by atomic mass is 35.5. The van der Waals surface area contributed by atoms with Gasteiger partial charge in [-0.1, -0.05) is 35.9 Å². The number of esters is 1. The fourth-order valence-electron chi connectivity index (χ4n) is 3.75. The van der Waals surface area contributed by atoms with Gasteiger partial charge in [-0.2, -0.15) is 4.98 Å². The van der Waals surface area contributed by atoms with Crippen molar-refractivity contribution in [2.75, 3.05) is 18.6 Å². The van der Waals surface area contributed by atoms with Crippen molar-refractivity contribution in [3.63, 3.8) is 0 Å². The van der Waals surface area contributed by atoms with E-state index >= 15 is 0 Å². The molecule has 0 N–H and O–H groups in total. The molecule has 1 aliphatic heterocycles. The Labute approximate surface area is 191 Å². The Bertz CT molecular complexity index is 1140. The van der Waals surface area contributed by atoms with E-state index in [2.05, 4.69) is 27.9 Å². The molecule has 8 heteroatoms. The molecule has 3 aromatic rings. The van der Waals surface area contributed by atoms with Crippen molar-refractivity contribution in [1.29, 1.82) is 0 Å². The van der Waals surface area contributed by atoms with Crippen LogP contribution in [0.25, 0.3) is 0 Å². The molecule has 166 valence electrons. The van der Waals surface area contributed by atoms with Crippen molar-refractivity contribution >= 4 is 29.2 Å². The normalized spacial score (nSPS) is 14.8. The molecule has 0 fully saturated rings. The third-order valence-corrected chi connectivity index (χ3v) is 5.55. The van der Waals surface area contributed by atoms with Gasteiger partial charge < -0.3 is 19.1 Å². The van der Waals surface area contributed by atoms with Crippen LogP contribution in [-0.2, 0) is 17.8 Å². The molecular formula is C24H24ClN3O4. The number of hydrogen-bond acceptors (Lipinski definition) is 7. The quantitative estimate of drug-likeness (QED) is 0.467. The zero-order chi connectivity index (χ0) is 22.7. The standard InChI is InChI=1S/C24H24ClN3O4/c1-4-31-23(29)18-13-26-24(28-15(2)11-17-7-5-6-8-20(17)28)27-22(18)32-14-16-9-10-21(30-3)19(25)12-16/h5-10,12-13,15H,4,11,14H2,1-3H3/t15-/m1/s1. The van der Waals surface area contributed by atoms with Crippen LogP contribution in [0.4, 0.5) is 11.6 Å². The van der Waals surface area contributed by atoms with E-state index in [4.69, 9.17) is 25.8 Å². The van der Waals surface area contributed by atoms with Gasteiger partial charge >= 0.3 is 5.97 Å². The van der Waals surface area contributed by atoms with Gasteiger partial charge in [0.25, 0.3) is 0 Å². The van der Waals surface area contributed by atoms with Crippen LogP contribution in [0.5, 0.6) is 11.6 Å². The molecule has 1 atom stereocenters. The number of benzene rings is 2. The third-order valence-electron chi connectivity index (χ3n) is 5.25. The van der Waals surface area contributed by atoms with Crippen molar-refractivity contribution in [1.82, 2.24) is 9.97 Å². The number of fused-ring (bicyclic) bond motifs is 1. The molecular weight excluding hydrogens is 430 g/mol. The number of rotatable bonds is 7. The Hall–Kier alpha value is -3.32. The largest absolute Gasteiger partial charge is 0.495 e. The Balaban J connectivity index is 1.66. The minimum absolute atomic E-state index is 0.164. The number of carbonyl (C=O) groups is 1. The summed E-state index contributed by atoms with van der Waals surface area (Å²) in [6.45, 7) is 4.27. The van der Waals surface area contributed by atoms with E-state index in [0.29, 0.717) is 16.7 Å². The van der Waals surface area contributed by atoms with Crippen LogP contribution in [-0.4, -0.2) is 35.7 Å². The Morgan fingerprint density at radius 3 is 2.81 bits per heavy atom. The van der Waals surface area contributed by atoms with E-state index in [0.717, 1.165) is 17.7 Å². The zero-order valence-electron chi connectivity index (χ0n) is 18.2. The summed E-state index contributed by atoms with van der Waals surface area (Å²) in [4.78, 5) is 23.6. The highest BCUT2D eigenvalue weighted by molar-refractivity contribution is 6.32. The van der Waals surface area contributed by atoms with Crippen molar-refractivity contribution < 1.29 is 19.0 Å². The maximum absolute atomic E-state index is 12.5. The molecule has 0 saturated heterocycles. The maximum Gasteiger partial charge on any atom is 0.345 e. The van der Waals surface area contributed by atoms with Gasteiger partial charge in [-0.15, -0.1) is 0 Å². The van der Waals surface area contributed by atoms with Gasteiger partial charge in [0.05, 0.1) is 24.9 Å². The molecule has 2 heterocycles. The van der Waals surface area contributed by atoms with E-state index in [1.807, 2.05) is 24.3 Å². The number of carbonyl (C=O) groups excluding carboxylic acids is 1. The van der Waals surface area contributed by atoms with E-state index in [-0.39, 0.29) is 30.7 Å². The van der Waals surface area contributed by atoms with E-state index in [1.165, 1.54) is 11.8 Å². The molecule has 0 amide bonds. The van der Waals surface area contributed by atoms with Crippen molar-refractivity contribution in [3.05, 3.63) is 70.4 Å². The van der Waals surface area contributed by atoms with Crippen LogP contribution in [0.1, 0.15) is 35.3 Å². The number of methoxy groups -OCH3 is 1. The van der Waals surface area contributed by atoms with Crippen molar-refractivity contribution in [2.24, 2.45) is 0 Å². The summed E-state index contributed by atoms with van der Waals surface area (Å²) in [5, 5.41) is 0.477. The van der Waals surface area contributed by atoms with E-state index < -0.39 is 5.97 Å². The van der Waals surface area contributed by atoms with Crippen LogP contribution in [0.3, 0.4) is 0 Å². The van der Waals surface area contributed by atoms with Gasteiger partial charge in [0.2, 0.25) is 11.8 Å². The Morgan fingerprint density at radius 1 is 1.25 bits per heavy atom. The van der Waals surface area contributed by atoms with Gasteiger partial charge in [-0.05, 0) is 49.6 Å². The summed E-state index contributed by atoms with van der Waals surface area (Å²) in [7, 11) is 1.56. The van der Waals surface area contributed by atoms with Gasteiger partial charge in [0, 0.05) is 11.7 Å². The Morgan fingerprint density at radius 2 is 2.06 bits per heavy atom. The summed E-state index contributed by atoms with van der Waals surface area (Å²) < 4.78 is 16.3. The lowest BCUT2D eigenvalue weighted by Gasteiger charge is -2.23. The smallest absolute Gasteiger partial charge is 0.345 e. The second-order valence-corrected chi connectivity index (χ2v) is 7.83. The lowest BCUT2D eigenvalue weighted by Crippen LogP contribution is -2.26. The first-order chi connectivity index (χ1) is 15.5.